The van der Waals surface area contributed by atoms with Gasteiger partial charge in [0.15, 0.2) is 4.34 Å². The van der Waals surface area contributed by atoms with Gasteiger partial charge in [0.05, 0.1) is 50.9 Å². The molecule has 0 aliphatic carbocycles. The number of methoxy groups -OCH3 is 1. The van der Waals surface area contributed by atoms with Crippen LogP contribution in [-0.2, 0) is 4.79 Å². The molecule has 0 fully saturated rings. The van der Waals surface area contributed by atoms with Crippen LogP contribution in [0.4, 0.5) is 17.1 Å². The Labute approximate surface area is 212 Å². The van der Waals surface area contributed by atoms with Crippen molar-refractivity contribution in [3.63, 3.8) is 0 Å². The highest BCUT2D eigenvalue weighted by molar-refractivity contribution is 8.01. The van der Waals surface area contributed by atoms with E-state index in [1.54, 1.807) is 42.5 Å². The molecule has 2 heterocycles. The fourth-order valence-corrected chi connectivity index (χ4v) is 5.63. The number of amides is 3. The first kappa shape index (κ1) is 23.5. The number of hydrogen-bond donors (Lipinski definition) is 1. The predicted molar refractivity (Wildman–Crippen MR) is 136 cm³/mol. The Bertz CT molecular complexity index is 1530. The minimum Gasteiger partial charge on any atom is -0.496 e. The molecule has 1 aromatic heterocycles. The Balaban J connectivity index is 1.29. The zero-order chi connectivity index (χ0) is 25.4. The molecule has 36 heavy (non-hydrogen) atoms. The maximum atomic E-state index is 12.8. The van der Waals surface area contributed by atoms with E-state index in [9.17, 15) is 24.5 Å². The Morgan fingerprint density at radius 3 is 2.50 bits per heavy atom. The molecule has 180 valence electrons. The average molecular weight is 521 g/mol. The molecule has 0 saturated carbocycles. The number of hydrogen-bond acceptors (Lipinski definition) is 9. The second-order valence-electron chi connectivity index (χ2n) is 7.60. The van der Waals surface area contributed by atoms with Crippen molar-refractivity contribution in [2.45, 2.75) is 4.34 Å². The largest absolute Gasteiger partial charge is 0.496 e. The molecule has 0 spiro atoms. The quantitative estimate of drug-likeness (QED) is 0.160. The van der Waals surface area contributed by atoms with Gasteiger partial charge in [-0.05, 0) is 42.5 Å². The molecule has 0 bridgehead atoms. The highest BCUT2D eigenvalue weighted by Crippen LogP contribution is 2.35. The van der Waals surface area contributed by atoms with Gasteiger partial charge in [-0.15, -0.1) is 11.3 Å². The monoisotopic (exact) mass is 520 g/mol. The van der Waals surface area contributed by atoms with Gasteiger partial charge < -0.3 is 10.1 Å². The van der Waals surface area contributed by atoms with Crippen LogP contribution < -0.4 is 15.0 Å². The molecule has 0 saturated heterocycles. The molecule has 10 nitrogen and oxygen atoms in total. The number of ether oxygens (including phenoxy) is 1. The van der Waals surface area contributed by atoms with Crippen molar-refractivity contribution in [1.82, 2.24) is 4.98 Å². The number of rotatable bonds is 7. The van der Waals surface area contributed by atoms with Crippen LogP contribution in [0, 0.1) is 10.1 Å². The highest BCUT2D eigenvalue weighted by Gasteiger charge is 2.36. The number of anilines is 2. The van der Waals surface area contributed by atoms with Crippen LogP contribution in [0.3, 0.4) is 0 Å². The third-order valence-corrected chi connectivity index (χ3v) is 7.57. The summed E-state index contributed by atoms with van der Waals surface area (Å²) in [7, 11) is 1.40. The van der Waals surface area contributed by atoms with Gasteiger partial charge in [-0.2, -0.15) is 0 Å². The van der Waals surface area contributed by atoms with Crippen LogP contribution in [-0.4, -0.2) is 40.5 Å². The van der Waals surface area contributed by atoms with Gasteiger partial charge in [-0.1, -0.05) is 23.9 Å². The third-order valence-electron chi connectivity index (χ3n) is 5.41. The fraction of sp³-hybridized carbons (Fsp3) is 0.0833. The van der Waals surface area contributed by atoms with Crippen molar-refractivity contribution in [3.05, 3.63) is 81.9 Å². The van der Waals surface area contributed by atoms with Crippen molar-refractivity contribution in [3.8, 4) is 5.75 Å². The topological polar surface area (TPSA) is 132 Å². The number of aromatic nitrogens is 1. The highest BCUT2D eigenvalue weighted by atomic mass is 32.2. The van der Waals surface area contributed by atoms with Crippen molar-refractivity contribution in [2.75, 3.05) is 23.1 Å². The minimum atomic E-state index is -0.592. The standard InChI is InChI=1S/C24H16N4O6S2/c1-34-14-7-9-17(19(11-14)28(32)33)25-21(29)12-35-24-26-18-8-6-13(10-20(18)36-24)27-22(30)15-4-2-3-5-16(15)23(27)31/h2-11H,12H2,1H3,(H,25,29). The summed E-state index contributed by atoms with van der Waals surface area (Å²) in [5.41, 5.74) is 1.64. The summed E-state index contributed by atoms with van der Waals surface area (Å²) in [6.07, 6.45) is 0. The summed E-state index contributed by atoms with van der Waals surface area (Å²) >= 11 is 2.49. The van der Waals surface area contributed by atoms with Crippen LogP contribution in [0.2, 0.25) is 0 Å². The van der Waals surface area contributed by atoms with Gasteiger partial charge in [0.1, 0.15) is 11.4 Å². The summed E-state index contributed by atoms with van der Waals surface area (Å²) < 4.78 is 6.35. The Morgan fingerprint density at radius 2 is 1.83 bits per heavy atom. The molecular weight excluding hydrogens is 504 g/mol. The number of benzene rings is 3. The van der Waals surface area contributed by atoms with Gasteiger partial charge in [0.2, 0.25) is 5.91 Å². The van der Waals surface area contributed by atoms with E-state index in [0.717, 1.165) is 9.60 Å². The van der Waals surface area contributed by atoms with Crippen molar-refractivity contribution < 1.29 is 24.0 Å². The van der Waals surface area contributed by atoms with Crippen LogP contribution in [0.25, 0.3) is 10.2 Å². The second kappa shape index (κ2) is 9.40. The van der Waals surface area contributed by atoms with Crippen molar-refractivity contribution in [1.29, 1.82) is 0 Å². The molecule has 1 N–H and O–H groups in total. The number of fused-ring (bicyclic) bond motifs is 2. The van der Waals surface area contributed by atoms with E-state index < -0.39 is 10.8 Å². The summed E-state index contributed by atoms with van der Waals surface area (Å²) in [6, 6.07) is 16.0. The van der Waals surface area contributed by atoms with E-state index in [2.05, 4.69) is 10.3 Å². The fourth-order valence-electron chi connectivity index (χ4n) is 3.73. The number of nitrogens with one attached hydrogen (secondary N) is 1. The number of thioether (sulfide) groups is 1. The summed E-state index contributed by atoms with van der Waals surface area (Å²) in [4.78, 5) is 54.4. The second-order valence-corrected chi connectivity index (χ2v) is 9.85. The van der Waals surface area contributed by atoms with E-state index in [-0.39, 0.29) is 28.9 Å². The molecule has 12 heteroatoms. The molecule has 3 amide bonds. The summed E-state index contributed by atoms with van der Waals surface area (Å²) in [5, 5.41) is 13.9. The molecular formula is C24H16N4O6S2. The van der Waals surface area contributed by atoms with E-state index in [4.69, 9.17) is 4.74 Å². The number of nitro benzene ring substituents is 1. The zero-order valence-corrected chi connectivity index (χ0v) is 20.2. The first-order valence-electron chi connectivity index (χ1n) is 10.5. The SMILES string of the molecule is COc1ccc(NC(=O)CSc2nc3ccc(N4C(=O)c5ccccc5C4=O)cc3s2)c([N+](=O)[O-])c1. The van der Waals surface area contributed by atoms with Crippen LogP contribution in [0.1, 0.15) is 20.7 Å². The Hall–Kier alpha value is -4.29. The minimum absolute atomic E-state index is 0.0196. The molecule has 0 atom stereocenters. The zero-order valence-electron chi connectivity index (χ0n) is 18.6. The number of thiazole rings is 1. The Kier molecular flexibility index (Phi) is 6.12. The van der Waals surface area contributed by atoms with Gasteiger partial charge in [0, 0.05) is 0 Å². The van der Waals surface area contributed by atoms with Crippen molar-refractivity contribution in [2.24, 2.45) is 0 Å². The van der Waals surface area contributed by atoms with Gasteiger partial charge in [-0.3, -0.25) is 24.5 Å². The van der Waals surface area contributed by atoms with E-state index in [0.29, 0.717) is 32.4 Å². The number of nitro groups is 1. The van der Waals surface area contributed by atoms with Gasteiger partial charge in [-0.25, -0.2) is 9.88 Å². The lowest BCUT2D eigenvalue weighted by Crippen LogP contribution is -2.29. The number of carbonyl (C=O) groups is 3. The lowest BCUT2D eigenvalue weighted by molar-refractivity contribution is -0.384. The van der Waals surface area contributed by atoms with Crippen molar-refractivity contribution >= 4 is 68.1 Å². The maximum absolute atomic E-state index is 12.8. The number of nitrogens with zero attached hydrogens (tertiary/aromatic N) is 3. The smallest absolute Gasteiger partial charge is 0.296 e. The first-order valence-corrected chi connectivity index (χ1v) is 12.3. The number of carbonyl (C=O) groups excluding carboxylic acids is 3. The molecule has 3 aromatic carbocycles. The molecule has 0 radical (unpaired) electrons. The first-order chi connectivity index (χ1) is 17.4. The molecule has 4 aromatic rings. The van der Waals surface area contributed by atoms with Crippen LogP contribution >= 0.6 is 23.1 Å². The summed E-state index contributed by atoms with van der Waals surface area (Å²) in [6.45, 7) is 0. The normalized spacial score (nSPS) is 12.6. The van der Waals surface area contributed by atoms with Gasteiger partial charge >= 0.3 is 0 Å². The number of imide groups is 1. The lowest BCUT2D eigenvalue weighted by atomic mass is 10.1. The van der Waals surface area contributed by atoms with Crippen LogP contribution in [0.15, 0.2) is 65.0 Å². The van der Waals surface area contributed by atoms with E-state index in [1.807, 2.05) is 0 Å². The molecule has 0 unspecified atom stereocenters. The van der Waals surface area contributed by atoms with E-state index in [1.165, 1.54) is 48.4 Å². The molecule has 1 aliphatic heterocycles. The third kappa shape index (κ3) is 4.27. The van der Waals surface area contributed by atoms with Gasteiger partial charge in [0.25, 0.3) is 17.5 Å². The predicted octanol–water partition coefficient (Wildman–Crippen LogP) is 4.74. The lowest BCUT2D eigenvalue weighted by Gasteiger charge is -2.13. The maximum Gasteiger partial charge on any atom is 0.296 e. The average Bonchev–Trinajstić information content (AvgIpc) is 3.40. The van der Waals surface area contributed by atoms with E-state index >= 15 is 0 Å². The Morgan fingerprint density at radius 1 is 1.11 bits per heavy atom. The molecule has 1 aliphatic rings. The molecule has 5 rings (SSSR count). The summed E-state index contributed by atoms with van der Waals surface area (Å²) in [5.74, 6) is -0.894. The van der Waals surface area contributed by atoms with Crippen LogP contribution in [0.5, 0.6) is 5.75 Å².